The molecule has 8 heteroatoms. The quantitative estimate of drug-likeness (QED) is 0.472. The van der Waals surface area contributed by atoms with Crippen molar-refractivity contribution in [1.82, 2.24) is 14.3 Å². The van der Waals surface area contributed by atoms with Gasteiger partial charge >= 0.3 is 0 Å². The van der Waals surface area contributed by atoms with Gasteiger partial charge in [0.25, 0.3) is 11.5 Å². The van der Waals surface area contributed by atoms with Crippen LogP contribution in [0.2, 0.25) is 0 Å². The van der Waals surface area contributed by atoms with Gasteiger partial charge in [-0.25, -0.2) is 4.98 Å². The molecule has 0 saturated carbocycles. The smallest absolute Gasteiger partial charge is 0.267 e. The molecule has 1 aliphatic rings. The van der Waals surface area contributed by atoms with E-state index in [2.05, 4.69) is 16.9 Å². The van der Waals surface area contributed by atoms with Crippen LogP contribution < -0.4 is 10.9 Å². The molecule has 0 bridgehead atoms. The third-order valence-electron chi connectivity index (χ3n) is 4.11. The van der Waals surface area contributed by atoms with Crippen molar-refractivity contribution in [1.29, 1.82) is 0 Å². The summed E-state index contributed by atoms with van der Waals surface area (Å²) in [7, 11) is 0. The average Bonchev–Trinajstić information content (AvgIpc) is 2.90. The monoisotopic (exact) mass is 400 g/mol. The molecule has 2 aromatic heterocycles. The van der Waals surface area contributed by atoms with E-state index in [0.29, 0.717) is 32.8 Å². The van der Waals surface area contributed by atoms with E-state index in [1.165, 1.54) is 16.2 Å². The van der Waals surface area contributed by atoms with Gasteiger partial charge in [-0.3, -0.25) is 18.9 Å². The van der Waals surface area contributed by atoms with Crippen molar-refractivity contribution in [2.24, 2.45) is 0 Å². The summed E-state index contributed by atoms with van der Waals surface area (Å²) in [6.07, 6.45) is 4.94. The molecule has 1 fully saturated rings. The van der Waals surface area contributed by atoms with E-state index < -0.39 is 0 Å². The zero-order valence-electron chi connectivity index (χ0n) is 15.4. The number of carbonyl (C=O) groups excluding carboxylic acids is 1. The number of thioether (sulfide) groups is 1. The second-order valence-corrected chi connectivity index (χ2v) is 8.05. The highest BCUT2D eigenvalue weighted by Gasteiger charge is 2.34. The molecule has 1 saturated heterocycles. The van der Waals surface area contributed by atoms with Gasteiger partial charge in [-0.1, -0.05) is 36.1 Å². The summed E-state index contributed by atoms with van der Waals surface area (Å²) in [6, 6.07) is 3.65. The molecule has 0 radical (unpaired) electrons. The van der Waals surface area contributed by atoms with Crippen LogP contribution in [0.5, 0.6) is 0 Å². The molecule has 1 amide bonds. The minimum atomic E-state index is -0.245. The minimum absolute atomic E-state index is 0.0414. The summed E-state index contributed by atoms with van der Waals surface area (Å²) in [5, 5.41) is 3.10. The summed E-state index contributed by atoms with van der Waals surface area (Å²) >= 11 is 6.52. The summed E-state index contributed by atoms with van der Waals surface area (Å²) in [6.45, 7) is 9.84. The molecule has 0 atom stereocenters. The molecular weight excluding hydrogens is 380 g/mol. The third kappa shape index (κ3) is 3.54. The van der Waals surface area contributed by atoms with E-state index in [4.69, 9.17) is 12.2 Å². The Morgan fingerprint density at radius 2 is 2.15 bits per heavy atom. The topological polar surface area (TPSA) is 66.7 Å². The van der Waals surface area contributed by atoms with E-state index in [1.807, 2.05) is 26.8 Å². The number of thiocarbonyl (C=S) groups is 1. The molecule has 0 aromatic carbocycles. The maximum Gasteiger partial charge on any atom is 0.267 e. The summed E-state index contributed by atoms with van der Waals surface area (Å²) in [4.78, 5) is 32.4. The number of fused-ring (bicyclic) bond motifs is 1. The lowest BCUT2D eigenvalue weighted by Gasteiger charge is -2.18. The Labute approximate surface area is 167 Å². The molecule has 1 aliphatic heterocycles. The van der Waals surface area contributed by atoms with Gasteiger partial charge in [0.05, 0.1) is 10.5 Å². The number of hydrogen-bond donors (Lipinski definition) is 1. The van der Waals surface area contributed by atoms with Crippen LogP contribution in [0.3, 0.4) is 0 Å². The summed E-state index contributed by atoms with van der Waals surface area (Å²) < 4.78 is 1.98. The molecule has 140 valence electrons. The van der Waals surface area contributed by atoms with Crippen molar-refractivity contribution < 1.29 is 4.79 Å². The second kappa shape index (κ2) is 7.66. The number of amides is 1. The van der Waals surface area contributed by atoms with Crippen molar-refractivity contribution in [3.63, 3.8) is 0 Å². The van der Waals surface area contributed by atoms with Crippen LogP contribution in [0.4, 0.5) is 5.82 Å². The molecule has 0 unspecified atom stereocenters. The SMILES string of the molecule is C=CCNc1nc2c(C)cccn2c(=O)c1/C=C1\SC(=S)N(C(C)C)C1=O. The number of carbonyl (C=O) groups is 1. The van der Waals surface area contributed by atoms with E-state index in [9.17, 15) is 9.59 Å². The lowest BCUT2D eigenvalue weighted by Crippen LogP contribution is -2.34. The van der Waals surface area contributed by atoms with Gasteiger partial charge in [-0.05, 0) is 38.5 Å². The number of aryl methyl sites for hydroxylation is 1. The number of nitrogens with one attached hydrogen (secondary N) is 1. The minimum Gasteiger partial charge on any atom is -0.366 e. The third-order valence-corrected chi connectivity index (χ3v) is 5.44. The number of aromatic nitrogens is 2. The van der Waals surface area contributed by atoms with Crippen molar-refractivity contribution in [2.75, 3.05) is 11.9 Å². The number of pyridine rings is 1. The van der Waals surface area contributed by atoms with E-state index >= 15 is 0 Å². The Hall–Kier alpha value is -2.45. The Morgan fingerprint density at radius 3 is 2.78 bits per heavy atom. The largest absolute Gasteiger partial charge is 0.366 e. The first-order valence-electron chi connectivity index (χ1n) is 8.49. The van der Waals surface area contributed by atoms with Gasteiger partial charge in [-0.2, -0.15) is 0 Å². The van der Waals surface area contributed by atoms with Crippen LogP contribution in [0.25, 0.3) is 11.7 Å². The zero-order chi connectivity index (χ0) is 19.7. The highest BCUT2D eigenvalue weighted by atomic mass is 32.2. The van der Waals surface area contributed by atoms with Gasteiger partial charge in [0.2, 0.25) is 0 Å². The van der Waals surface area contributed by atoms with Gasteiger partial charge in [0, 0.05) is 18.8 Å². The van der Waals surface area contributed by atoms with Crippen LogP contribution >= 0.6 is 24.0 Å². The number of nitrogens with zero attached hydrogens (tertiary/aromatic N) is 3. The van der Waals surface area contributed by atoms with Crippen molar-refractivity contribution in [3.05, 3.63) is 57.4 Å². The van der Waals surface area contributed by atoms with Crippen molar-refractivity contribution >= 4 is 51.7 Å². The molecule has 0 spiro atoms. The Bertz CT molecular complexity index is 1040. The van der Waals surface area contributed by atoms with Gasteiger partial charge in [0.15, 0.2) is 0 Å². The summed E-state index contributed by atoms with van der Waals surface area (Å²) in [5.74, 6) is 0.229. The molecule has 27 heavy (non-hydrogen) atoms. The van der Waals surface area contributed by atoms with Gasteiger partial charge in [0.1, 0.15) is 15.8 Å². The first-order valence-corrected chi connectivity index (χ1v) is 9.71. The van der Waals surface area contributed by atoms with Crippen LogP contribution in [-0.4, -0.2) is 37.1 Å². The highest BCUT2D eigenvalue weighted by Crippen LogP contribution is 2.34. The maximum atomic E-state index is 13.1. The van der Waals surface area contributed by atoms with Crippen LogP contribution in [0.1, 0.15) is 25.0 Å². The first-order chi connectivity index (χ1) is 12.8. The lowest BCUT2D eigenvalue weighted by atomic mass is 10.2. The first kappa shape index (κ1) is 19.3. The standard InChI is InChI=1S/C19H20N4O2S2/c1-5-8-20-15-13(10-14-18(25)23(11(2)3)19(26)27-14)17(24)22-9-6-7-12(4)16(22)21-15/h5-7,9-11,20H,1,8H2,2-4H3/b14-10-. The number of rotatable bonds is 5. The molecule has 6 nitrogen and oxygen atoms in total. The van der Waals surface area contributed by atoms with E-state index in [1.54, 1.807) is 29.3 Å². The van der Waals surface area contributed by atoms with Gasteiger partial charge in [-0.15, -0.1) is 6.58 Å². The Balaban J connectivity index is 2.20. The number of hydrogen-bond acceptors (Lipinski definition) is 6. The Morgan fingerprint density at radius 1 is 1.41 bits per heavy atom. The van der Waals surface area contributed by atoms with Crippen molar-refractivity contribution in [2.45, 2.75) is 26.8 Å². The highest BCUT2D eigenvalue weighted by molar-refractivity contribution is 8.26. The predicted molar refractivity (Wildman–Crippen MR) is 115 cm³/mol. The maximum absolute atomic E-state index is 13.1. The number of anilines is 1. The molecule has 2 aromatic rings. The van der Waals surface area contributed by atoms with E-state index in [-0.39, 0.29) is 17.5 Å². The molecule has 1 N–H and O–H groups in total. The van der Waals surface area contributed by atoms with E-state index in [0.717, 1.165) is 5.56 Å². The average molecular weight is 401 g/mol. The zero-order valence-corrected chi connectivity index (χ0v) is 17.0. The fraction of sp³-hybridized carbons (Fsp3) is 0.263. The van der Waals surface area contributed by atoms with Crippen LogP contribution in [-0.2, 0) is 4.79 Å². The van der Waals surface area contributed by atoms with Crippen LogP contribution in [0, 0.1) is 6.92 Å². The normalized spacial score (nSPS) is 16.0. The second-order valence-electron chi connectivity index (χ2n) is 6.38. The lowest BCUT2D eigenvalue weighted by molar-refractivity contribution is -0.123. The van der Waals surface area contributed by atoms with Gasteiger partial charge < -0.3 is 5.32 Å². The molecule has 3 rings (SSSR count). The Kier molecular flexibility index (Phi) is 5.48. The van der Waals surface area contributed by atoms with Crippen LogP contribution in [0.15, 0.2) is 40.7 Å². The van der Waals surface area contributed by atoms with Crippen molar-refractivity contribution in [3.8, 4) is 0 Å². The fourth-order valence-corrected chi connectivity index (χ4v) is 4.31. The summed E-state index contributed by atoms with van der Waals surface area (Å²) in [5.41, 5.74) is 1.53. The fourth-order valence-electron chi connectivity index (χ4n) is 2.80. The molecule has 3 heterocycles. The predicted octanol–water partition coefficient (Wildman–Crippen LogP) is 3.21. The molecule has 0 aliphatic carbocycles. The molecular formula is C19H20N4O2S2.